The fourth-order valence-corrected chi connectivity index (χ4v) is 2.63. The molecule has 2 heterocycles. The average molecular weight is 290 g/mol. The van der Waals surface area contributed by atoms with Gasteiger partial charge in [-0.15, -0.1) is 11.3 Å². The van der Waals surface area contributed by atoms with Crippen LogP contribution in [0, 0.1) is 13.8 Å². The highest BCUT2D eigenvalue weighted by Crippen LogP contribution is 2.28. The van der Waals surface area contributed by atoms with Crippen LogP contribution in [0.1, 0.15) is 31.2 Å². The third-order valence-corrected chi connectivity index (χ3v) is 3.80. The second kappa shape index (κ2) is 5.83. The summed E-state index contributed by atoms with van der Waals surface area (Å²) in [5.41, 5.74) is 2.66. The number of carbonyl (C=O) groups is 2. The van der Waals surface area contributed by atoms with E-state index in [0.29, 0.717) is 16.1 Å². The topological polar surface area (TPSA) is 68.3 Å². The molecule has 0 saturated heterocycles. The monoisotopic (exact) mass is 290 g/mol. The molecule has 2 aromatic rings. The highest BCUT2D eigenvalue weighted by Gasteiger charge is 2.19. The number of pyridine rings is 1. The second-order valence-electron chi connectivity index (χ2n) is 4.32. The van der Waals surface area contributed by atoms with Gasteiger partial charge in [-0.1, -0.05) is 0 Å². The van der Waals surface area contributed by atoms with E-state index in [4.69, 9.17) is 4.74 Å². The van der Waals surface area contributed by atoms with Crippen LogP contribution in [0.15, 0.2) is 23.8 Å². The van der Waals surface area contributed by atoms with Crippen molar-refractivity contribution in [2.45, 2.75) is 13.8 Å². The molecule has 6 heteroatoms. The number of aromatic nitrogens is 1. The van der Waals surface area contributed by atoms with Crippen LogP contribution >= 0.6 is 11.3 Å². The fraction of sp³-hybridized carbons (Fsp3) is 0.214. The van der Waals surface area contributed by atoms with Crippen molar-refractivity contribution >= 4 is 28.9 Å². The Bertz CT molecular complexity index is 664. The number of rotatable bonds is 3. The SMILES string of the molecule is COC(=O)c1scc(C)c1NC(=O)c1cncc(C)c1. The minimum absolute atomic E-state index is 0.298. The van der Waals surface area contributed by atoms with Gasteiger partial charge in [0.15, 0.2) is 0 Å². The maximum absolute atomic E-state index is 12.2. The van der Waals surface area contributed by atoms with Gasteiger partial charge in [-0.05, 0) is 36.4 Å². The molecule has 2 rings (SSSR count). The Hall–Kier alpha value is -2.21. The van der Waals surface area contributed by atoms with Crippen molar-refractivity contribution in [2.24, 2.45) is 0 Å². The van der Waals surface area contributed by atoms with Gasteiger partial charge in [0, 0.05) is 12.4 Å². The third-order valence-electron chi connectivity index (χ3n) is 2.72. The molecule has 0 spiro atoms. The lowest BCUT2D eigenvalue weighted by Gasteiger charge is -2.07. The Labute approximate surface area is 120 Å². The van der Waals surface area contributed by atoms with Crippen molar-refractivity contribution in [3.05, 3.63) is 45.4 Å². The number of thiophene rings is 1. The standard InChI is InChI=1S/C14H14N2O3S/c1-8-4-10(6-15-5-8)13(17)16-11-9(2)7-20-12(11)14(18)19-3/h4-7H,1-3H3,(H,16,17). The zero-order valence-corrected chi connectivity index (χ0v) is 12.2. The quantitative estimate of drug-likeness (QED) is 0.883. The van der Waals surface area contributed by atoms with Crippen LogP contribution in [-0.4, -0.2) is 24.0 Å². The van der Waals surface area contributed by atoms with Gasteiger partial charge in [0.1, 0.15) is 4.88 Å². The molecule has 0 fully saturated rings. The summed E-state index contributed by atoms with van der Waals surface area (Å²) in [6.07, 6.45) is 3.16. The predicted molar refractivity (Wildman–Crippen MR) is 77.3 cm³/mol. The summed E-state index contributed by atoms with van der Waals surface area (Å²) in [6.45, 7) is 3.69. The fourth-order valence-electron chi connectivity index (χ4n) is 1.71. The number of nitrogens with one attached hydrogen (secondary N) is 1. The van der Waals surface area contributed by atoms with Gasteiger partial charge in [0.05, 0.1) is 18.4 Å². The second-order valence-corrected chi connectivity index (χ2v) is 5.20. The van der Waals surface area contributed by atoms with Gasteiger partial charge in [0.2, 0.25) is 0 Å². The van der Waals surface area contributed by atoms with Crippen LogP contribution in [0.3, 0.4) is 0 Å². The third kappa shape index (κ3) is 2.85. The normalized spacial score (nSPS) is 10.2. The van der Waals surface area contributed by atoms with E-state index in [-0.39, 0.29) is 5.91 Å². The number of nitrogens with zero attached hydrogens (tertiary/aromatic N) is 1. The molecule has 104 valence electrons. The predicted octanol–water partition coefficient (Wildman–Crippen LogP) is 2.80. The van der Waals surface area contributed by atoms with Gasteiger partial charge in [-0.2, -0.15) is 0 Å². The summed E-state index contributed by atoms with van der Waals surface area (Å²) < 4.78 is 4.70. The number of hydrogen-bond acceptors (Lipinski definition) is 5. The van der Waals surface area contributed by atoms with Crippen molar-refractivity contribution in [2.75, 3.05) is 12.4 Å². The zero-order chi connectivity index (χ0) is 14.7. The molecule has 1 amide bonds. The minimum atomic E-state index is -0.458. The van der Waals surface area contributed by atoms with Crippen molar-refractivity contribution in [1.29, 1.82) is 0 Å². The minimum Gasteiger partial charge on any atom is -0.465 e. The number of amides is 1. The first kappa shape index (κ1) is 14.2. The summed E-state index contributed by atoms with van der Waals surface area (Å²) >= 11 is 1.24. The van der Waals surface area contributed by atoms with Gasteiger partial charge in [-0.25, -0.2) is 4.79 Å². The Balaban J connectivity index is 2.28. The molecular weight excluding hydrogens is 276 g/mol. The summed E-state index contributed by atoms with van der Waals surface area (Å²) in [5.74, 6) is -0.756. The number of aryl methyl sites for hydroxylation is 2. The number of anilines is 1. The van der Waals surface area contributed by atoms with Gasteiger partial charge in [0.25, 0.3) is 5.91 Å². The van der Waals surface area contributed by atoms with E-state index in [0.717, 1.165) is 11.1 Å². The lowest BCUT2D eigenvalue weighted by molar-refractivity contribution is 0.0607. The molecule has 20 heavy (non-hydrogen) atoms. The van der Waals surface area contributed by atoms with E-state index in [1.807, 2.05) is 13.8 Å². The first-order valence-corrected chi connectivity index (χ1v) is 6.80. The lowest BCUT2D eigenvalue weighted by atomic mass is 10.2. The van der Waals surface area contributed by atoms with Gasteiger partial charge >= 0.3 is 5.97 Å². The average Bonchev–Trinajstić information content (AvgIpc) is 2.79. The molecule has 0 bridgehead atoms. The highest BCUT2D eigenvalue weighted by molar-refractivity contribution is 7.12. The summed E-state index contributed by atoms with van der Waals surface area (Å²) in [7, 11) is 1.31. The van der Waals surface area contributed by atoms with Crippen molar-refractivity contribution in [3.63, 3.8) is 0 Å². The largest absolute Gasteiger partial charge is 0.465 e. The molecular formula is C14H14N2O3S. The van der Waals surface area contributed by atoms with Crippen LogP contribution in [-0.2, 0) is 4.74 Å². The van der Waals surface area contributed by atoms with Crippen LogP contribution in [0.2, 0.25) is 0 Å². The molecule has 0 aliphatic rings. The van der Waals surface area contributed by atoms with Crippen molar-refractivity contribution in [3.8, 4) is 0 Å². The summed E-state index contributed by atoms with van der Waals surface area (Å²) in [5, 5.41) is 4.55. The zero-order valence-electron chi connectivity index (χ0n) is 11.4. The number of hydrogen-bond donors (Lipinski definition) is 1. The summed E-state index contributed by atoms with van der Waals surface area (Å²) in [6, 6.07) is 1.74. The molecule has 0 radical (unpaired) electrons. The Kier molecular flexibility index (Phi) is 4.14. The molecule has 0 saturated carbocycles. The Morgan fingerprint density at radius 1 is 1.30 bits per heavy atom. The number of ether oxygens (including phenoxy) is 1. The first-order chi connectivity index (χ1) is 9.52. The molecule has 1 N–H and O–H groups in total. The van der Waals surface area contributed by atoms with Crippen molar-refractivity contribution < 1.29 is 14.3 Å². The number of esters is 1. The maximum Gasteiger partial charge on any atom is 0.350 e. The molecule has 0 atom stereocenters. The van der Waals surface area contributed by atoms with Gasteiger partial charge < -0.3 is 10.1 Å². The highest BCUT2D eigenvalue weighted by atomic mass is 32.1. The summed E-state index contributed by atoms with van der Waals surface area (Å²) in [4.78, 5) is 28.2. The van der Waals surface area contributed by atoms with Crippen LogP contribution in [0.4, 0.5) is 5.69 Å². The van der Waals surface area contributed by atoms with Crippen molar-refractivity contribution in [1.82, 2.24) is 4.98 Å². The van der Waals surface area contributed by atoms with Crippen LogP contribution in [0.5, 0.6) is 0 Å². The maximum atomic E-state index is 12.2. The lowest BCUT2D eigenvalue weighted by Crippen LogP contribution is -2.15. The van der Waals surface area contributed by atoms with E-state index < -0.39 is 5.97 Å². The Morgan fingerprint density at radius 2 is 2.05 bits per heavy atom. The van der Waals surface area contributed by atoms with E-state index in [1.54, 1.807) is 17.6 Å². The molecule has 5 nitrogen and oxygen atoms in total. The Morgan fingerprint density at radius 3 is 2.70 bits per heavy atom. The number of methoxy groups -OCH3 is 1. The smallest absolute Gasteiger partial charge is 0.350 e. The first-order valence-electron chi connectivity index (χ1n) is 5.92. The molecule has 0 aliphatic carbocycles. The molecule has 0 aromatic carbocycles. The van der Waals surface area contributed by atoms with E-state index >= 15 is 0 Å². The van der Waals surface area contributed by atoms with Crippen LogP contribution in [0.25, 0.3) is 0 Å². The van der Waals surface area contributed by atoms with Gasteiger partial charge in [-0.3, -0.25) is 9.78 Å². The van der Waals surface area contributed by atoms with E-state index in [1.165, 1.54) is 24.6 Å². The van der Waals surface area contributed by atoms with E-state index in [9.17, 15) is 9.59 Å². The van der Waals surface area contributed by atoms with Crippen LogP contribution < -0.4 is 5.32 Å². The number of carbonyl (C=O) groups excluding carboxylic acids is 2. The molecule has 2 aromatic heterocycles. The molecule has 0 aliphatic heterocycles. The van der Waals surface area contributed by atoms with E-state index in [2.05, 4.69) is 10.3 Å². The molecule has 0 unspecified atom stereocenters.